The molecule has 0 aliphatic heterocycles. The molecule has 8 nitrogen and oxygen atoms in total. The second kappa shape index (κ2) is 12.1. The molecule has 7 rings (SSSR count). The van der Waals surface area contributed by atoms with E-state index in [-0.39, 0.29) is 23.8 Å². The summed E-state index contributed by atoms with van der Waals surface area (Å²) in [6.45, 7) is -0.846. The van der Waals surface area contributed by atoms with E-state index in [2.05, 4.69) is 36.7 Å². The number of benzene rings is 1. The van der Waals surface area contributed by atoms with Gasteiger partial charge in [0.15, 0.2) is 0 Å². The monoisotopic (exact) mass is 566 g/mol. The van der Waals surface area contributed by atoms with Crippen LogP contribution in [0.25, 0.3) is 0 Å². The van der Waals surface area contributed by atoms with Gasteiger partial charge in [0.05, 0.1) is 12.3 Å². The number of nitrogens with one attached hydrogen (secondary N) is 3. The molecule has 0 saturated heterocycles. The van der Waals surface area contributed by atoms with Gasteiger partial charge in [-0.3, -0.25) is 0 Å². The highest BCUT2D eigenvalue weighted by Gasteiger charge is 2.55. The van der Waals surface area contributed by atoms with E-state index in [1.54, 1.807) is 18.2 Å². The van der Waals surface area contributed by atoms with E-state index >= 15 is 0 Å². The molecule has 10 heteroatoms. The van der Waals surface area contributed by atoms with Gasteiger partial charge in [-0.15, -0.1) is 0 Å². The van der Waals surface area contributed by atoms with Crippen molar-refractivity contribution in [2.75, 3.05) is 23.7 Å². The molecule has 0 radical (unpaired) electrons. The predicted octanol–water partition coefficient (Wildman–Crippen LogP) is 5.31. The first-order chi connectivity index (χ1) is 19.9. The third-order valence-corrected chi connectivity index (χ3v) is 10.0. The summed E-state index contributed by atoms with van der Waals surface area (Å²) in [5.74, 6) is 3.76. The first-order valence-corrected chi connectivity index (χ1v) is 15.1. The standard InChI is InChI=1S/C31H40F2N6O2/c32-29(33)41-26-4-2-1-3-21(26)16-36-30-37-17-24(14-34)28(39-30)38-18-31-11-20-9-22(12-31)27(23(10-20)13-31)35-15-19-5-7-25(40)8-6-19/h1-4,17,19-20,22-23,25,27,29,35,40H,5-13,15-16,18H2,(H2,36,37,38,39)/t19-,20?,22-,23+,25+,27-,31-. The second-order valence-electron chi connectivity index (χ2n) is 12.8. The fourth-order valence-electron chi connectivity index (χ4n) is 8.38. The van der Waals surface area contributed by atoms with Crippen LogP contribution in [0.15, 0.2) is 30.5 Å². The molecule has 4 bridgehead atoms. The van der Waals surface area contributed by atoms with Gasteiger partial charge < -0.3 is 25.8 Å². The highest BCUT2D eigenvalue weighted by atomic mass is 19.3. The summed E-state index contributed by atoms with van der Waals surface area (Å²) < 4.78 is 30.2. The Morgan fingerprint density at radius 3 is 2.56 bits per heavy atom. The van der Waals surface area contributed by atoms with E-state index in [1.807, 2.05) is 0 Å². The topological polar surface area (TPSA) is 115 Å². The molecule has 5 aliphatic carbocycles. The molecule has 5 saturated carbocycles. The number of aromatic nitrogens is 2. The Bertz CT molecular complexity index is 1230. The number of hydrogen-bond donors (Lipinski definition) is 4. The Morgan fingerprint density at radius 2 is 1.83 bits per heavy atom. The van der Waals surface area contributed by atoms with Gasteiger partial charge >= 0.3 is 6.61 Å². The number of nitrogens with zero attached hydrogens (tertiary/aromatic N) is 3. The molecular weight excluding hydrogens is 526 g/mol. The smallest absolute Gasteiger partial charge is 0.387 e. The minimum Gasteiger partial charge on any atom is -0.434 e. The van der Waals surface area contributed by atoms with Crippen molar-refractivity contribution in [2.45, 2.75) is 83.1 Å². The lowest BCUT2D eigenvalue weighted by Crippen LogP contribution is -2.60. The maximum absolute atomic E-state index is 12.8. The maximum Gasteiger partial charge on any atom is 0.387 e. The Balaban J connectivity index is 1.08. The van der Waals surface area contributed by atoms with Gasteiger partial charge in [0, 0.05) is 24.7 Å². The first kappa shape index (κ1) is 28.1. The fourth-order valence-corrected chi connectivity index (χ4v) is 8.38. The number of aliphatic hydroxyl groups excluding tert-OH is 1. The average molecular weight is 567 g/mol. The zero-order valence-corrected chi connectivity index (χ0v) is 23.4. The molecule has 1 heterocycles. The number of halogens is 2. The molecule has 1 aromatic carbocycles. The molecule has 1 aromatic heterocycles. The Morgan fingerprint density at radius 1 is 1.07 bits per heavy atom. The third-order valence-electron chi connectivity index (χ3n) is 10.0. The number of hydrogen-bond acceptors (Lipinski definition) is 8. The van der Waals surface area contributed by atoms with Crippen LogP contribution in [0.2, 0.25) is 0 Å². The van der Waals surface area contributed by atoms with Crippen LogP contribution in [0.1, 0.15) is 68.9 Å². The molecule has 1 unspecified atom stereocenters. The number of aliphatic hydroxyl groups is 1. The molecule has 5 atom stereocenters. The highest BCUT2D eigenvalue weighted by Crippen LogP contribution is 2.60. The van der Waals surface area contributed by atoms with Crippen molar-refractivity contribution in [1.82, 2.24) is 15.3 Å². The molecule has 0 amide bonds. The molecule has 41 heavy (non-hydrogen) atoms. The van der Waals surface area contributed by atoms with Gasteiger partial charge in [-0.25, -0.2) is 4.98 Å². The summed E-state index contributed by atoms with van der Waals surface area (Å²) >= 11 is 0. The van der Waals surface area contributed by atoms with E-state index in [9.17, 15) is 19.1 Å². The van der Waals surface area contributed by atoms with Crippen molar-refractivity contribution in [2.24, 2.45) is 29.1 Å². The lowest BCUT2D eigenvalue weighted by atomic mass is 9.48. The zero-order chi connectivity index (χ0) is 28.4. The van der Waals surface area contributed by atoms with Gasteiger partial charge in [-0.1, -0.05) is 18.2 Å². The number of para-hydroxylation sites is 1. The predicted molar refractivity (Wildman–Crippen MR) is 151 cm³/mol. The Hall–Kier alpha value is -3.03. The van der Waals surface area contributed by atoms with E-state index in [4.69, 9.17) is 0 Å². The highest BCUT2D eigenvalue weighted by molar-refractivity contribution is 5.53. The lowest BCUT2D eigenvalue weighted by molar-refractivity contribution is -0.0705. The number of rotatable bonds is 11. The van der Waals surface area contributed by atoms with Crippen molar-refractivity contribution < 1.29 is 18.6 Å². The maximum atomic E-state index is 12.8. The fraction of sp³-hybridized carbons (Fsp3) is 0.645. The first-order valence-electron chi connectivity index (χ1n) is 15.1. The van der Waals surface area contributed by atoms with Gasteiger partial charge in [0.1, 0.15) is 23.2 Å². The minimum absolute atomic E-state index is 0.104. The van der Waals surface area contributed by atoms with E-state index in [1.165, 1.54) is 44.4 Å². The van der Waals surface area contributed by atoms with Crippen LogP contribution in [0.4, 0.5) is 20.5 Å². The lowest BCUT2D eigenvalue weighted by Gasteiger charge is -2.60. The summed E-state index contributed by atoms with van der Waals surface area (Å²) in [5.41, 5.74) is 1.16. The molecular formula is C31H40F2N6O2. The summed E-state index contributed by atoms with van der Waals surface area (Å²) in [5, 5.41) is 30.2. The van der Waals surface area contributed by atoms with Crippen LogP contribution in [-0.4, -0.2) is 46.9 Å². The molecule has 220 valence electrons. The molecule has 5 aliphatic rings. The van der Waals surface area contributed by atoms with Crippen LogP contribution >= 0.6 is 0 Å². The molecule has 4 N–H and O–H groups in total. The Labute approximate surface area is 240 Å². The summed E-state index contributed by atoms with van der Waals surface area (Å²) in [6.07, 6.45) is 11.7. The van der Waals surface area contributed by atoms with Crippen LogP contribution < -0.4 is 20.7 Å². The molecule has 2 aromatic rings. The summed E-state index contributed by atoms with van der Waals surface area (Å²) in [7, 11) is 0. The van der Waals surface area contributed by atoms with Crippen LogP contribution in [0.3, 0.4) is 0 Å². The zero-order valence-electron chi connectivity index (χ0n) is 23.4. The van der Waals surface area contributed by atoms with Crippen LogP contribution in [0.5, 0.6) is 5.75 Å². The molecule has 0 spiro atoms. The van der Waals surface area contributed by atoms with E-state index in [0.717, 1.165) is 44.7 Å². The van der Waals surface area contributed by atoms with Crippen molar-refractivity contribution in [3.63, 3.8) is 0 Å². The number of alkyl halides is 2. The number of anilines is 2. The number of nitriles is 1. The quantitative estimate of drug-likeness (QED) is 0.289. The van der Waals surface area contributed by atoms with Crippen LogP contribution in [0, 0.1) is 40.4 Å². The van der Waals surface area contributed by atoms with Gasteiger partial charge in [-0.2, -0.15) is 19.0 Å². The summed E-state index contributed by atoms with van der Waals surface area (Å²) in [6, 6.07) is 9.41. The van der Waals surface area contributed by atoms with Crippen LogP contribution in [-0.2, 0) is 6.54 Å². The normalized spacial score (nSPS) is 32.1. The summed E-state index contributed by atoms with van der Waals surface area (Å²) in [4.78, 5) is 8.86. The number of ether oxygens (including phenoxy) is 1. The third kappa shape index (κ3) is 6.41. The van der Waals surface area contributed by atoms with E-state index < -0.39 is 6.61 Å². The van der Waals surface area contributed by atoms with Gasteiger partial charge in [-0.05, 0) is 99.5 Å². The Kier molecular flexibility index (Phi) is 8.27. The molecule has 5 fully saturated rings. The van der Waals surface area contributed by atoms with E-state index in [0.29, 0.717) is 46.7 Å². The minimum atomic E-state index is -2.90. The largest absolute Gasteiger partial charge is 0.434 e. The SMILES string of the molecule is N#Cc1cnc(NCc2ccccc2OC(F)F)nc1NC[C@]12CC3C[C@H](C1)[C@@H](NC[C@H]1CC[C@@H](O)CC1)[C@@H](C3)C2. The van der Waals surface area contributed by atoms with Gasteiger partial charge in [0.2, 0.25) is 5.95 Å². The van der Waals surface area contributed by atoms with Crippen molar-refractivity contribution in [3.05, 3.63) is 41.6 Å². The van der Waals surface area contributed by atoms with Gasteiger partial charge in [0.25, 0.3) is 0 Å². The van der Waals surface area contributed by atoms with Crippen molar-refractivity contribution >= 4 is 11.8 Å². The van der Waals surface area contributed by atoms with Crippen molar-refractivity contribution in [3.8, 4) is 11.8 Å². The second-order valence-corrected chi connectivity index (χ2v) is 12.8. The average Bonchev–Trinajstić information content (AvgIpc) is 2.96. The van der Waals surface area contributed by atoms with Crippen molar-refractivity contribution in [1.29, 1.82) is 5.26 Å².